The van der Waals surface area contributed by atoms with E-state index < -0.39 is 0 Å². The van der Waals surface area contributed by atoms with Crippen LogP contribution >= 0.6 is 0 Å². The molecule has 0 bridgehead atoms. The third-order valence-corrected chi connectivity index (χ3v) is 3.95. The van der Waals surface area contributed by atoms with Gasteiger partial charge in [0.25, 0.3) is 0 Å². The molecule has 19 heavy (non-hydrogen) atoms. The number of hydrogen-bond donors (Lipinski definition) is 1. The fourth-order valence-corrected chi connectivity index (χ4v) is 3.57. The molecule has 1 heterocycles. The maximum Gasteiger partial charge on any atom is 0.0545 e. The summed E-state index contributed by atoms with van der Waals surface area (Å²) in [6.07, 6.45) is 0. The van der Waals surface area contributed by atoms with Gasteiger partial charge in [-0.2, -0.15) is 0 Å². The lowest BCUT2D eigenvalue weighted by molar-refractivity contribution is 0.182. The first-order valence-electron chi connectivity index (χ1n) is 7.10. The van der Waals surface area contributed by atoms with E-state index in [9.17, 15) is 0 Å². The zero-order chi connectivity index (χ0) is 14.2. The van der Waals surface area contributed by atoms with E-state index in [1.807, 2.05) is 0 Å². The van der Waals surface area contributed by atoms with Gasteiger partial charge in [0, 0.05) is 30.9 Å². The van der Waals surface area contributed by atoms with Crippen LogP contribution in [0, 0.1) is 13.8 Å². The fourth-order valence-electron chi connectivity index (χ4n) is 3.57. The maximum atomic E-state index is 6.02. The monoisotopic (exact) mass is 261 g/mol. The van der Waals surface area contributed by atoms with Gasteiger partial charge in [0.1, 0.15) is 0 Å². The van der Waals surface area contributed by atoms with Crippen molar-refractivity contribution in [2.45, 2.75) is 39.3 Å². The normalized spacial score (nSPS) is 23.7. The molecule has 1 aliphatic heterocycles. The molecule has 0 amide bonds. The Kier molecular flexibility index (Phi) is 3.88. The van der Waals surface area contributed by atoms with Gasteiger partial charge in [-0.3, -0.25) is 0 Å². The van der Waals surface area contributed by atoms with Crippen LogP contribution in [0.3, 0.4) is 0 Å². The quantitative estimate of drug-likeness (QED) is 0.885. The van der Waals surface area contributed by atoms with Gasteiger partial charge in [0.2, 0.25) is 0 Å². The van der Waals surface area contributed by atoms with Crippen LogP contribution in [0.4, 0.5) is 5.69 Å². The minimum absolute atomic E-state index is 0.108. The minimum Gasteiger partial charge on any atom is -0.360 e. The van der Waals surface area contributed by atoms with E-state index in [4.69, 9.17) is 5.73 Å². The van der Waals surface area contributed by atoms with Crippen LogP contribution in [0.15, 0.2) is 18.2 Å². The summed E-state index contributed by atoms with van der Waals surface area (Å²) in [6, 6.07) is 7.17. The topological polar surface area (TPSA) is 32.5 Å². The first-order chi connectivity index (χ1) is 8.83. The highest BCUT2D eigenvalue weighted by molar-refractivity contribution is 5.54. The van der Waals surface area contributed by atoms with Crippen LogP contribution in [-0.2, 0) is 0 Å². The highest BCUT2D eigenvalue weighted by Gasteiger charge is 2.38. The molecular weight excluding hydrogens is 234 g/mol. The van der Waals surface area contributed by atoms with E-state index in [-0.39, 0.29) is 5.54 Å². The van der Waals surface area contributed by atoms with Crippen LogP contribution in [0.25, 0.3) is 0 Å². The third-order valence-electron chi connectivity index (χ3n) is 3.95. The molecule has 1 aromatic rings. The Morgan fingerprint density at radius 2 is 1.79 bits per heavy atom. The Labute approximate surface area is 117 Å². The zero-order valence-corrected chi connectivity index (χ0v) is 12.9. The Hall–Kier alpha value is -1.06. The highest BCUT2D eigenvalue weighted by atomic mass is 15.3. The maximum absolute atomic E-state index is 6.02. The average molecular weight is 261 g/mol. The summed E-state index contributed by atoms with van der Waals surface area (Å²) in [6.45, 7) is 11.7. The first-order valence-corrected chi connectivity index (χ1v) is 7.10. The molecule has 2 N–H and O–H groups in total. The van der Waals surface area contributed by atoms with Crippen molar-refractivity contribution >= 4 is 5.69 Å². The lowest BCUT2D eigenvalue weighted by Gasteiger charge is -2.52. The largest absolute Gasteiger partial charge is 0.360 e. The van der Waals surface area contributed by atoms with Gasteiger partial charge >= 0.3 is 0 Å². The number of rotatable bonds is 2. The van der Waals surface area contributed by atoms with E-state index in [2.05, 4.69) is 62.7 Å². The molecule has 1 fully saturated rings. The van der Waals surface area contributed by atoms with Crippen molar-refractivity contribution in [2.75, 3.05) is 31.6 Å². The third kappa shape index (κ3) is 2.93. The Morgan fingerprint density at radius 1 is 1.21 bits per heavy atom. The Balaban J connectivity index is 2.43. The molecule has 1 unspecified atom stereocenters. The molecule has 0 saturated carbocycles. The van der Waals surface area contributed by atoms with Crippen molar-refractivity contribution in [2.24, 2.45) is 5.73 Å². The number of benzene rings is 1. The van der Waals surface area contributed by atoms with E-state index in [0.717, 1.165) is 13.1 Å². The van der Waals surface area contributed by atoms with Gasteiger partial charge in [0.15, 0.2) is 0 Å². The molecule has 3 nitrogen and oxygen atoms in total. The summed E-state index contributed by atoms with van der Waals surface area (Å²) in [5.41, 5.74) is 10.1. The van der Waals surface area contributed by atoms with Crippen molar-refractivity contribution in [1.82, 2.24) is 4.90 Å². The molecular formula is C16H27N3. The highest BCUT2D eigenvalue weighted by Crippen LogP contribution is 2.32. The number of likely N-dealkylation sites (N-methyl/N-ethyl adjacent to an activating group) is 1. The number of nitrogens with two attached hydrogens (primary N) is 1. The van der Waals surface area contributed by atoms with Crippen molar-refractivity contribution in [3.05, 3.63) is 29.3 Å². The summed E-state index contributed by atoms with van der Waals surface area (Å²) < 4.78 is 0. The van der Waals surface area contributed by atoms with E-state index in [1.165, 1.54) is 16.8 Å². The molecule has 3 heteroatoms. The molecule has 0 radical (unpaired) electrons. The first kappa shape index (κ1) is 14.4. The molecule has 1 atom stereocenters. The Bertz CT molecular complexity index is 433. The lowest BCUT2D eigenvalue weighted by Crippen LogP contribution is -2.65. The van der Waals surface area contributed by atoms with Crippen LogP contribution in [0.2, 0.25) is 0 Å². The molecule has 0 aromatic heterocycles. The van der Waals surface area contributed by atoms with Crippen molar-refractivity contribution in [1.29, 1.82) is 0 Å². The SMILES string of the molecule is Cc1cc(C)cc(N2C(CN)CN(C)CC2(C)C)c1. The molecule has 1 aromatic carbocycles. The van der Waals surface area contributed by atoms with Gasteiger partial charge in [-0.1, -0.05) is 6.07 Å². The van der Waals surface area contributed by atoms with Crippen molar-refractivity contribution in [3.63, 3.8) is 0 Å². The molecule has 106 valence electrons. The molecule has 1 aliphatic rings. The number of aryl methyl sites for hydroxylation is 2. The van der Waals surface area contributed by atoms with E-state index in [1.54, 1.807) is 0 Å². The number of hydrogen-bond acceptors (Lipinski definition) is 3. The summed E-state index contributed by atoms with van der Waals surface area (Å²) in [4.78, 5) is 4.91. The van der Waals surface area contributed by atoms with Crippen molar-refractivity contribution < 1.29 is 0 Å². The summed E-state index contributed by atoms with van der Waals surface area (Å²) in [5, 5.41) is 0. The standard InChI is InChI=1S/C16H27N3/c1-12-6-13(2)8-14(7-12)19-15(9-17)10-18(5)11-16(19,3)4/h6-8,15H,9-11,17H2,1-5H3. The number of piperazine rings is 1. The van der Waals surface area contributed by atoms with Gasteiger partial charge < -0.3 is 15.5 Å². The summed E-state index contributed by atoms with van der Waals surface area (Å²) in [7, 11) is 2.18. The van der Waals surface area contributed by atoms with Crippen LogP contribution in [-0.4, -0.2) is 43.2 Å². The van der Waals surface area contributed by atoms with Crippen LogP contribution < -0.4 is 10.6 Å². The van der Waals surface area contributed by atoms with Gasteiger partial charge in [0.05, 0.1) is 6.04 Å². The lowest BCUT2D eigenvalue weighted by atomic mass is 9.93. The zero-order valence-electron chi connectivity index (χ0n) is 12.9. The van der Waals surface area contributed by atoms with Crippen LogP contribution in [0.5, 0.6) is 0 Å². The predicted molar refractivity (Wildman–Crippen MR) is 82.8 cm³/mol. The van der Waals surface area contributed by atoms with Gasteiger partial charge in [-0.15, -0.1) is 0 Å². The molecule has 1 saturated heterocycles. The molecule has 2 rings (SSSR count). The second-order valence-corrected chi connectivity index (χ2v) is 6.61. The van der Waals surface area contributed by atoms with Gasteiger partial charge in [-0.05, 0) is 58.0 Å². The molecule has 0 aliphatic carbocycles. The van der Waals surface area contributed by atoms with Crippen molar-refractivity contribution in [3.8, 4) is 0 Å². The summed E-state index contributed by atoms with van der Waals surface area (Å²) in [5.74, 6) is 0. The second kappa shape index (κ2) is 5.14. The van der Waals surface area contributed by atoms with E-state index in [0.29, 0.717) is 12.6 Å². The van der Waals surface area contributed by atoms with Gasteiger partial charge in [-0.25, -0.2) is 0 Å². The van der Waals surface area contributed by atoms with E-state index >= 15 is 0 Å². The molecule has 0 spiro atoms. The Morgan fingerprint density at radius 3 is 2.32 bits per heavy atom. The smallest absolute Gasteiger partial charge is 0.0545 e. The second-order valence-electron chi connectivity index (χ2n) is 6.61. The number of nitrogens with zero attached hydrogens (tertiary/aromatic N) is 2. The minimum atomic E-state index is 0.108. The fraction of sp³-hybridized carbons (Fsp3) is 0.625. The van der Waals surface area contributed by atoms with Crippen LogP contribution in [0.1, 0.15) is 25.0 Å². The summed E-state index contributed by atoms with van der Waals surface area (Å²) >= 11 is 0. The predicted octanol–water partition coefficient (Wildman–Crippen LogP) is 2.16. The number of anilines is 1. The average Bonchev–Trinajstić information content (AvgIpc) is 2.24.